The lowest BCUT2D eigenvalue weighted by Crippen LogP contribution is -2.35. The lowest BCUT2D eigenvalue weighted by Gasteiger charge is -2.24. The van der Waals surface area contributed by atoms with Crippen LogP contribution < -0.4 is 5.73 Å². The van der Waals surface area contributed by atoms with E-state index in [1.54, 1.807) is 30.3 Å². The van der Waals surface area contributed by atoms with Crippen molar-refractivity contribution >= 4 is 5.91 Å². The average Bonchev–Trinajstić information content (AvgIpc) is 3.04. The smallest absolute Gasteiger partial charge is 0.239 e. The van der Waals surface area contributed by atoms with Gasteiger partial charge < -0.3 is 10.2 Å². The van der Waals surface area contributed by atoms with Gasteiger partial charge in [0.2, 0.25) is 11.8 Å². The van der Waals surface area contributed by atoms with Crippen LogP contribution in [0.1, 0.15) is 17.3 Å². The molecule has 3 rings (SSSR count). The van der Waals surface area contributed by atoms with Gasteiger partial charge in [-0.25, -0.2) is 9.37 Å². The fourth-order valence-electron chi connectivity index (χ4n) is 2.75. The molecule has 0 spiro atoms. The molecule has 0 aliphatic rings. The van der Waals surface area contributed by atoms with Crippen LogP contribution in [-0.2, 0) is 11.3 Å². The number of nitrogens with two attached hydrogens (primary N) is 1. The number of benzene rings is 2. The summed E-state index contributed by atoms with van der Waals surface area (Å²) in [7, 11) is 1.73. The molecule has 25 heavy (non-hydrogen) atoms. The van der Waals surface area contributed by atoms with Crippen LogP contribution in [0.15, 0.2) is 65.3 Å². The third-order valence-electron chi connectivity index (χ3n) is 3.86. The number of likely N-dealkylation sites (N-methyl/N-ethyl adjacent to an activating group) is 1. The van der Waals surface area contributed by atoms with Crippen molar-refractivity contribution in [2.75, 3.05) is 7.05 Å². The zero-order chi connectivity index (χ0) is 17.8. The average molecular weight is 339 g/mol. The van der Waals surface area contributed by atoms with E-state index in [0.29, 0.717) is 23.7 Å². The predicted molar refractivity (Wildman–Crippen MR) is 91.7 cm³/mol. The molecular formula is C19H18FN3O2. The molecule has 5 nitrogen and oxygen atoms in total. The molecule has 0 saturated heterocycles. The van der Waals surface area contributed by atoms with Crippen molar-refractivity contribution in [2.24, 2.45) is 5.73 Å². The van der Waals surface area contributed by atoms with Gasteiger partial charge in [0.15, 0.2) is 0 Å². The number of amides is 1. The van der Waals surface area contributed by atoms with Crippen molar-refractivity contribution in [1.82, 2.24) is 9.88 Å². The maximum Gasteiger partial charge on any atom is 0.239 e. The van der Waals surface area contributed by atoms with E-state index in [-0.39, 0.29) is 0 Å². The van der Waals surface area contributed by atoms with Crippen molar-refractivity contribution in [3.63, 3.8) is 0 Å². The summed E-state index contributed by atoms with van der Waals surface area (Å²) in [6.45, 7) is 0.334. The van der Waals surface area contributed by atoms with Crippen molar-refractivity contribution in [1.29, 1.82) is 0 Å². The van der Waals surface area contributed by atoms with Crippen LogP contribution in [0.3, 0.4) is 0 Å². The van der Waals surface area contributed by atoms with Crippen LogP contribution in [0.5, 0.6) is 0 Å². The number of carbonyl (C=O) groups is 1. The second-order valence-corrected chi connectivity index (χ2v) is 5.79. The highest BCUT2D eigenvalue weighted by atomic mass is 19.1. The number of rotatable bonds is 6. The zero-order valence-electron chi connectivity index (χ0n) is 13.7. The summed E-state index contributed by atoms with van der Waals surface area (Å²) in [4.78, 5) is 18.0. The van der Waals surface area contributed by atoms with Crippen LogP contribution in [-0.4, -0.2) is 22.8 Å². The molecule has 1 aromatic heterocycles. The third kappa shape index (κ3) is 3.92. The number of primary amides is 1. The van der Waals surface area contributed by atoms with E-state index in [0.717, 1.165) is 5.56 Å². The Hall–Kier alpha value is -2.99. The van der Waals surface area contributed by atoms with Crippen LogP contribution in [0.2, 0.25) is 0 Å². The van der Waals surface area contributed by atoms with E-state index in [4.69, 9.17) is 10.2 Å². The van der Waals surface area contributed by atoms with Crippen molar-refractivity contribution in [2.45, 2.75) is 12.6 Å². The summed E-state index contributed by atoms with van der Waals surface area (Å²) < 4.78 is 19.0. The number of hydrogen-bond acceptors (Lipinski definition) is 4. The quantitative estimate of drug-likeness (QED) is 0.749. The zero-order valence-corrected chi connectivity index (χ0v) is 13.7. The maximum absolute atomic E-state index is 13.5. The molecule has 0 fully saturated rings. The molecule has 2 N–H and O–H groups in total. The summed E-state index contributed by atoms with van der Waals surface area (Å²) in [5, 5.41) is 0. The largest absolute Gasteiger partial charge is 0.444 e. The summed E-state index contributed by atoms with van der Waals surface area (Å²) in [5.74, 6) is -0.463. The second kappa shape index (κ2) is 7.27. The number of oxazole rings is 1. The Kier molecular flexibility index (Phi) is 4.90. The van der Waals surface area contributed by atoms with E-state index < -0.39 is 17.8 Å². The molecule has 6 heteroatoms. The Morgan fingerprint density at radius 3 is 2.68 bits per heavy atom. The van der Waals surface area contributed by atoms with Gasteiger partial charge in [0.1, 0.15) is 18.1 Å². The first kappa shape index (κ1) is 16.9. The van der Waals surface area contributed by atoms with Crippen LogP contribution in [0, 0.1) is 5.82 Å². The number of nitrogens with zero attached hydrogens (tertiary/aromatic N) is 2. The first-order chi connectivity index (χ1) is 12.0. The van der Waals surface area contributed by atoms with E-state index >= 15 is 0 Å². The van der Waals surface area contributed by atoms with Crippen LogP contribution in [0.25, 0.3) is 11.5 Å². The minimum absolute atomic E-state index is 0.334. The Bertz CT molecular complexity index is 864. The maximum atomic E-state index is 13.5. The number of aromatic nitrogens is 1. The van der Waals surface area contributed by atoms with Crippen molar-refractivity contribution < 1.29 is 13.6 Å². The predicted octanol–water partition coefficient (Wildman–Crippen LogP) is 3.14. The molecule has 1 amide bonds. The van der Waals surface area contributed by atoms with E-state index in [1.165, 1.54) is 12.1 Å². The molecule has 2 aromatic carbocycles. The lowest BCUT2D eigenvalue weighted by atomic mass is 10.0. The lowest BCUT2D eigenvalue weighted by molar-refractivity contribution is -0.123. The highest BCUT2D eigenvalue weighted by Crippen LogP contribution is 2.23. The standard InChI is InChI=1S/C19H18FN3O2/c1-23(17(18(21)24)14-8-5-9-15(20)10-14)11-16-12-25-19(22-16)13-6-3-2-4-7-13/h2-10,12,17H,11H2,1H3,(H2,21,24). The molecule has 128 valence electrons. The fraction of sp³-hybridized carbons (Fsp3) is 0.158. The molecular weight excluding hydrogens is 321 g/mol. The Morgan fingerprint density at radius 2 is 2.00 bits per heavy atom. The normalized spacial score (nSPS) is 12.3. The monoisotopic (exact) mass is 339 g/mol. The minimum atomic E-state index is -0.757. The minimum Gasteiger partial charge on any atom is -0.444 e. The van der Waals surface area contributed by atoms with Gasteiger partial charge in [0, 0.05) is 12.1 Å². The molecule has 0 saturated carbocycles. The van der Waals surface area contributed by atoms with Crippen molar-refractivity contribution in [3.05, 3.63) is 77.9 Å². The van der Waals surface area contributed by atoms with E-state index in [1.807, 2.05) is 30.3 Å². The van der Waals surface area contributed by atoms with Crippen molar-refractivity contribution in [3.8, 4) is 11.5 Å². The molecule has 0 aliphatic heterocycles. The molecule has 0 bridgehead atoms. The summed E-state index contributed by atoms with van der Waals surface area (Å²) in [6, 6.07) is 14.6. The molecule has 0 aliphatic carbocycles. The molecule has 1 heterocycles. The summed E-state index contributed by atoms with van der Waals surface area (Å²) >= 11 is 0. The fourth-order valence-corrected chi connectivity index (χ4v) is 2.75. The highest BCUT2D eigenvalue weighted by molar-refractivity contribution is 5.81. The Balaban J connectivity index is 1.79. The van der Waals surface area contributed by atoms with Crippen LogP contribution >= 0.6 is 0 Å². The second-order valence-electron chi connectivity index (χ2n) is 5.79. The Labute approximate surface area is 144 Å². The van der Waals surface area contributed by atoms with Gasteiger partial charge in [-0.1, -0.05) is 30.3 Å². The number of carbonyl (C=O) groups excluding carboxylic acids is 1. The van der Waals surface area contributed by atoms with Gasteiger partial charge in [0.25, 0.3) is 0 Å². The molecule has 1 atom stereocenters. The molecule has 0 radical (unpaired) electrons. The first-order valence-electron chi connectivity index (χ1n) is 7.79. The van der Waals surface area contributed by atoms with Gasteiger partial charge in [0.05, 0.1) is 5.69 Å². The van der Waals surface area contributed by atoms with E-state index in [9.17, 15) is 9.18 Å². The third-order valence-corrected chi connectivity index (χ3v) is 3.86. The molecule has 1 unspecified atom stereocenters. The van der Waals surface area contributed by atoms with Crippen LogP contribution in [0.4, 0.5) is 4.39 Å². The van der Waals surface area contributed by atoms with Gasteiger partial charge in [-0.3, -0.25) is 9.69 Å². The topological polar surface area (TPSA) is 72.4 Å². The van der Waals surface area contributed by atoms with Gasteiger partial charge in [-0.05, 0) is 36.9 Å². The summed E-state index contributed by atoms with van der Waals surface area (Å²) in [6.07, 6.45) is 1.54. The Morgan fingerprint density at radius 1 is 1.24 bits per heavy atom. The SMILES string of the molecule is CN(Cc1coc(-c2ccccc2)n1)C(C(N)=O)c1cccc(F)c1. The van der Waals surface area contributed by atoms with Gasteiger partial charge >= 0.3 is 0 Å². The molecule has 3 aromatic rings. The number of halogens is 1. The first-order valence-corrected chi connectivity index (χ1v) is 7.79. The van der Waals surface area contributed by atoms with E-state index in [2.05, 4.69) is 4.98 Å². The van der Waals surface area contributed by atoms with Gasteiger partial charge in [-0.15, -0.1) is 0 Å². The number of hydrogen-bond donors (Lipinski definition) is 1. The summed E-state index contributed by atoms with van der Waals surface area (Å²) in [5.41, 5.74) is 7.55. The van der Waals surface area contributed by atoms with Gasteiger partial charge in [-0.2, -0.15) is 0 Å². The highest BCUT2D eigenvalue weighted by Gasteiger charge is 2.24.